The van der Waals surface area contributed by atoms with Crippen LogP contribution in [0.25, 0.3) is 0 Å². The molecule has 10 heteroatoms. The van der Waals surface area contributed by atoms with Gasteiger partial charge in [0.15, 0.2) is 5.78 Å². The number of nitrogens with one attached hydrogen (secondary N) is 3. The summed E-state index contributed by atoms with van der Waals surface area (Å²) in [5.74, 6) is 0.379. The third-order valence-corrected chi connectivity index (χ3v) is 5.82. The average Bonchev–Trinajstić information content (AvgIpc) is 2.90. The Balaban J connectivity index is 1.44. The number of hydrogen-bond donors (Lipinski definition) is 3. The Morgan fingerprint density at radius 1 is 0.895 bits per heavy atom. The van der Waals surface area contributed by atoms with Gasteiger partial charge in [0.05, 0.1) is 37.0 Å². The van der Waals surface area contributed by atoms with Gasteiger partial charge in [-0.25, -0.2) is 9.59 Å². The van der Waals surface area contributed by atoms with Gasteiger partial charge < -0.3 is 30.2 Å². The molecule has 0 radical (unpaired) electrons. The zero-order chi connectivity index (χ0) is 27.5. The minimum Gasteiger partial charge on any atom is -0.495 e. The van der Waals surface area contributed by atoms with Crippen LogP contribution in [0.1, 0.15) is 21.5 Å². The molecular weight excluding hydrogens is 510 g/mol. The van der Waals surface area contributed by atoms with Crippen molar-refractivity contribution in [3.63, 3.8) is 0 Å². The summed E-state index contributed by atoms with van der Waals surface area (Å²) in [6.45, 7) is 2.76. The number of aryl methyl sites for hydroxylation is 1. The third-order valence-electron chi connectivity index (χ3n) is 5.52. The highest BCUT2D eigenvalue weighted by molar-refractivity contribution is 6.32. The lowest BCUT2D eigenvalue weighted by molar-refractivity contribution is -0.117. The molecule has 0 fully saturated rings. The number of halogens is 1. The van der Waals surface area contributed by atoms with E-state index < -0.39 is 12.0 Å². The van der Waals surface area contributed by atoms with Gasteiger partial charge in [-0.3, -0.25) is 4.79 Å². The van der Waals surface area contributed by atoms with E-state index in [-0.39, 0.29) is 25.4 Å². The molecule has 0 bridgehead atoms. The lowest BCUT2D eigenvalue weighted by atomic mass is 10.1. The van der Waals surface area contributed by atoms with E-state index in [1.54, 1.807) is 30.3 Å². The Hall–Kier alpha value is -4.08. The number of rotatable bonds is 12. The van der Waals surface area contributed by atoms with Gasteiger partial charge in [0.25, 0.3) is 0 Å². The minimum atomic E-state index is -0.481. The Labute approximate surface area is 226 Å². The number of urea groups is 1. The maximum absolute atomic E-state index is 12.4. The highest BCUT2D eigenvalue weighted by Gasteiger charge is 2.12. The van der Waals surface area contributed by atoms with Gasteiger partial charge in [-0.1, -0.05) is 35.9 Å². The minimum absolute atomic E-state index is 0.0227. The van der Waals surface area contributed by atoms with Gasteiger partial charge in [-0.15, -0.1) is 0 Å². The molecule has 0 unspecified atom stereocenters. The summed E-state index contributed by atoms with van der Waals surface area (Å²) in [5.41, 5.74) is 3.24. The van der Waals surface area contributed by atoms with Crippen LogP contribution in [0.4, 0.5) is 16.2 Å². The molecule has 0 atom stereocenters. The number of Topliss-reactive ketones (excluding diaryl/α,β-unsaturated/α-hetero) is 1. The highest BCUT2D eigenvalue weighted by Crippen LogP contribution is 2.27. The first kappa shape index (κ1) is 28.5. The van der Waals surface area contributed by atoms with Crippen molar-refractivity contribution in [1.29, 1.82) is 0 Å². The number of para-hydroxylation sites is 1. The highest BCUT2D eigenvalue weighted by atomic mass is 35.5. The van der Waals surface area contributed by atoms with E-state index in [9.17, 15) is 14.4 Å². The maximum atomic E-state index is 12.4. The fourth-order valence-electron chi connectivity index (χ4n) is 3.55. The molecule has 0 heterocycles. The van der Waals surface area contributed by atoms with Crippen molar-refractivity contribution in [1.82, 2.24) is 5.32 Å². The van der Waals surface area contributed by atoms with E-state index in [1.807, 2.05) is 31.2 Å². The quantitative estimate of drug-likeness (QED) is 0.222. The summed E-state index contributed by atoms with van der Waals surface area (Å²) < 4.78 is 15.7. The van der Waals surface area contributed by atoms with Crippen molar-refractivity contribution in [3.05, 3.63) is 82.4 Å². The van der Waals surface area contributed by atoms with Gasteiger partial charge in [0.1, 0.15) is 18.1 Å². The molecule has 3 rings (SSSR count). The summed E-state index contributed by atoms with van der Waals surface area (Å²) in [4.78, 5) is 36.4. The molecule has 0 saturated heterocycles. The smallest absolute Gasteiger partial charge is 0.337 e. The molecule has 3 N–H and O–H groups in total. The monoisotopic (exact) mass is 539 g/mol. The third kappa shape index (κ3) is 8.22. The molecule has 3 aromatic rings. The predicted molar refractivity (Wildman–Crippen MR) is 147 cm³/mol. The lowest BCUT2D eigenvalue weighted by Gasteiger charge is -2.13. The van der Waals surface area contributed by atoms with Gasteiger partial charge >= 0.3 is 12.0 Å². The molecule has 9 nitrogen and oxygen atoms in total. The number of carbonyl (C=O) groups is 3. The second kappa shape index (κ2) is 14.0. The first-order chi connectivity index (χ1) is 18.3. The molecule has 0 aliphatic carbocycles. The lowest BCUT2D eigenvalue weighted by Crippen LogP contribution is -2.28. The van der Waals surface area contributed by atoms with Crippen LogP contribution in [-0.2, 0) is 16.0 Å². The van der Waals surface area contributed by atoms with Crippen LogP contribution in [0.2, 0.25) is 5.02 Å². The second-order valence-electron chi connectivity index (χ2n) is 8.31. The number of carbonyl (C=O) groups excluding carboxylic acids is 3. The van der Waals surface area contributed by atoms with Crippen LogP contribution in [0.15, 0.2) is 60.7 Å². The Morgan fingerprint density at radius 2 is 1.66 bits per heavy atom. The van der Waals surface area contributed by atoms with Crippen LogP contribution in [-0.4, -0.2) is 51.7 Å². The average molecular weight is 540 g/mol. The summed E-state index contributed by atoms with van der Waals surface area (Å²) in [5, 5.41) is 8.92. The van der Waals surface area contributed by atoms with Gasteiger partial charge in [0, 0.05) is 18.7 Å². The normalized spacial score (nSPS) is 10.4. The van der Waals surface area contributed by atoms with Crippen LogP contribution >= 0.6 is 11.6 Å². The molecule has 200 valence electrons. The van der Waals surface area contributed by atoms with Crippen molar-refractivity contribution in [2.45, 2.75) is 13.3 Å². The number of ketones is 1. The summed E-state index contributed by atoms with van der Waals surface area (Å²) in [6.07, 6.45) is 0.195. The molecular formula is C28H30ClN3O6. The van der Waals surface area contributed by atoms with Crippen molar-refractivity contribution in [3.8, 4) is 11.5 Å². The van der Waals surface area contributed by atoms with Crippen LogP contribution in [0.3, 0.4) is 0 Å². The number of benzene rings is 3. The standard InChI is InChI=1S/C28H30ClN3O6/c1-18-6-4-5-7-23(18)31-28(35)32-24-10-8-19(15-26(24)36-2)14-21(33)17-30-12-13-38-25-11-9-20(16-22(25)29)27(34)37-3/h4-11,15-16,30H,12-14,17H2,1-3H3,(H2,31,32,35). The first-order valence-corrected chi connectivity index (χ1v) is 12.2. The van der Waals surface area contributed by atoms with Gasteiger partial charge in [0.2, 0.25) is 0 Å². The predicted octanol–water partition coefficient (Wildman–Crippen LogP) is 4.87. The Morgan fingerprint density at radius 3 is 2.37 bits per heavy atom. The fraction of sp³-hybridized carbons (Fsp3) is 0.250. The van der Waals surface area contributed by atoms with Crippen LogP contribution < -0.4 is 25.4 Å². The van der Waals surface area contributed by atoms with Gasteiger partial charge in [-0.2, -0.15) is 0 Å². The van der Waals surface area contributed by atoms with Crippen molar-refractivity contribution in [2.75, 3.05) is 44.5 Å². The molecule has 0 aliphatic rings. The van der Waals surface area contributed by atoms with E-state index in [1.165, 1.54) is 20.3 Å². The molecule has 3 aromatic carbocycles. The van der Waals surface area contributed by atoms with E-state index in [0.717, 1.165) is 11.1 Å². The fourth-order valence-corrected chi connectivity index (χ4v) is 3.79. The van der Waals surface area contributed by atoms with E-state index in [2.05, 4.69) is 20.7 Å². The van der Waals surface area contributed by atoms with Gasteiger partial charge in [-0.05, 0) is 54.4 Å². The molecule has 0 saturated carbocycles. The summed E-state index contributed by atoms with van der Waals surface area (Å²) in [6, 6.07) is 16.9. The number of anilines is 2. The molecule has 2 amide bonds. The molecule has 0 aromatic heterocycles. The van der Waals surface area contributed by atoms with Crippen molar-refractivity contribution >= 4 is 40.8 Å². The maximum Gasteiger partial charge on any atom is 0.337 e. The first-order valence-electron chi connectivity index (χ1n) is 11.8. The summed E-state index contributed by atoms with van der Waals surface area (Å²) >= 11 is 6.15. The van der Waals surface area contributed by atoms with Crippen molar-refractivity contribution in [2.24, 2.45) is 0 Å². The topological polar surface area (TPSA) is 115 Å². The summed E-state index contributed by atoms with van der Waals surface area (Å²) in [7, 11) is 2.80. The SMILES string of the molecule is COC(=O)c1ccc(OCCNCC(=O)Cc2ccc(NC(=O)Nc3ccccc3C)c(OC)c2)c(Cl)c1. The van der Waals surface area contributed by atoms with E-state index >= 15 is 0 Å². The van der Waals surface area contributed by atoms with E-state index in [0.29, 0.717) is 40.0 Å². The molecule has 0 aliphatic heterocycles. The number of methoxy groups -OCH3 is 2. The number of ether oxygens (including phenoxy) is 3. The molecule has 38 heavy (non-hydrogen) atoms. The largest absolute Gasteiger partial charge is 0.495 e. The zero-order valence-corrected chi connectivity index (χ0v) is 22.2. The van der Waals surface area contributed by atoms with E-state index in [4.69, 9.17) is 21.1 Å². The zero-order valence-electron chi connectivity index (χ0n) is 21.4. The van der Waals surface area contributed by atoms with Crippen LogP contribution in [0.5, 0.6) is 11.5 Å². The number of hydrogen-bond acceptors (Lipinski definition) is 7. The van der Waals surface area contributed by atoms with Crippen molar-refractivity contribution < 1.29 is 28.6 Å². The van der Waals surface area contributed by atoms with Crippen LogP contribution in [0, 0.1) is 6.92 Å². The molecule has 0 spiro atoms. The second-order valence-corrected chi connectivity index (χ2v) is 8.71. The Bertz CT molecular complexity index is 1300. The Kier molecular flexibility index (Phi) is 10.5. The number of amides is 2. The number of esters is 1.